The molecular weight excluding hydrogens is 214 g/mol. The molecular formula is C13H27N3O. The monoisotopic (exact) mass is 241 g/mol. The van der Waals surface area contributed by atoms with Crippen LogP contribution in [-0.2, 0) is 4.74 Å². The van der Waals surface area contributed by atoms with Gasteiger partial charge in [0.1, 0.15) is 0 Å². The van der Waals surface area contributed by atoms with Gasteiger partial charge in [0.15, 0.2) is 5.96 Å². The van der Waals surface area contributed by atoms with Gasteiger partial charge in [0.2, 0.25) is 0 Å². The summed E-state index contributed by atoms with van der Waals surface area (Å²) >= 11 is 0. The van der Waals surface area contributed by atoms with Crippen LogP contribution in [0.4, 0.5) is 0 Å². The molecule has 4 heteroatoms. The van der Waals surface area contributed by atoms with E-state index in [2.05, 4.69) is 44.9 Å². The lowest BCUT2D eigenvalue weighted by atomic mass is 9.56. The summed E-state index contributed by atoms with van der Waals surface area (Å²) in [7, 11) is 1.77. The minimum atomic E-state index is -0.0665. The second-order valence-electron chi connectivity index (χ2n) is 6.18. The zero-order chi connectivity index (χ0) is 13.3. The Labute approximate surface area is 105 Å². The zero-order valence-corrected chi connectivity index (χ0v) is 12.0. The number of guanidine groups is 1. The molecule has 0 aromatic rings. The number of nitrogens with zero attached hydrogens (tertiary/aromatic N) is 1. The normalized spacial score (nSPS) is 32.4. The lowest BCUT2D eigenvalue weighted by Crippen LogP contribution is -2.69. The molecule has 1 fully saturated rings. The topological polar surface area (TPSA) is 59.6 Å². The molecule has 0 amide bonds. The minimum Gasteiger partial charge on any atom is -0.378 e. The van der Waals surface area contributed by atoms with Gasteiger partial charge in [0.05, 0.1) is 5.60 Å². The molecule has 17 heavy (non-hydrogen) atoms. The Kier molecular flexibility index (Phi) is 4.07. The highest BCUT2D eigenvalue weighted by Crippen LogP contribution is 2.51. The predicted molar refractivity (Wildman–Crippen MR) is 72.1 cm³/mol. The number of rotatable bonds is 4. The van der Waals surface area contributed by atoms with E-state index < -0.39 is 0 Å². The van der Waals surface area contributed by atoms with Gasteiger partial charge >= 0.3 is 0 Å². The van der Waals surface area contributed by atoms with Crippen molar-refractivity contribution >= 4 is 5.96 Å². The number of nitrogens with one attached hydrogen (secondary N) is 1. The van der Waals surface area contributed by atoms with Crippen LogP contribution in [0.25, 0.3) is 0 Å². The first kappa shape index (κ1) is 14.3. The van der Waals surface area contributed by atoms with Gasteiger partial charge in [0, 0.05) is 25.1 Å². The van der Waals surface area contributed by atoms with Gasteiger partial charge in [-0.15, -0.1) is 0 Å². The van der Waals surface area contributed by atoms with Gasteiger partial charge in [-0.1, -0.05) is 27.7 Å². The molecule has 1 aliphatic carbocycles. The van der Waals surface area contributed by atoms with E-state index in [0.717, 1.165) is 13.0 Å². The van der Waals surface area contributed by atoms with Crippen molar-refractivity contribution in [3.05, 3.63) is 0 Å². The van der Waals surface area contributed by atoms with Crippen molar-refractivity contribution in [3.8, 4) is 0 Å². The summed E-state index contributed by atoms with van der Waals surface area (Å²) in [6, 6.07) is 0.336. The molecule has 2 unspecified atom stereocenters. The number of aliphatic imine (C=N–C) groups is 1. The molecule has 0 aliphatic heterocycles. The molecule has 0 radical (unpaired) electrons. The second kappa shape index (κ2) is 4.84. The molecule has 0 bridgehead atoms. The largest absolute Gasteiger partial charge is 0.378 e. The van der Waals surface area contributed by atoms with Crippen LogP contribution in [-0.4, -0.2) is 31.3 Å². The highest BCUT2D eigenvalue weighted by Gasteiger charge is 2.57. The molecule has 1 saturated carbocycles. The van der Waals surface area contributed by atoms with Gasteiger partial charge in [-0.05, 0) is 19.3 Å². The van der Waals surface area contributed by atoms with Crippen LogP contribution in [0, 0.1) is 11.3 Å². The van der Waals surface area contributed by atoms with Crippen LogP contribution in [0.1, 0.15) is 41.0 Å². The Hall–Kier alpha value is -0.770. The van der Waals surface area contributed by atoms with E-state index in [1.54, 1.807) is 7.11 Å². The van der Waals surface area contributed by atoms with Crippen molar-refractivity contribution in [2.75, 3.05) is 13.7 Å². The molecule has 0 heterocycles. The van der Waals surface area contributed by atoms with Gasteiger partial charge in [-0.2, -0.15) is 0 Å². The Balaban J connectivity index is 2.53. The summed E-state index contributed by atoms with van der Waals surface area (Å²) in [4.78, 5) is 4.33. The standard InChI is InChI=1S/C13H27N3O/c1-9(2)8-15-11(14)16-10-7-13(5,17-6)12(10,3)4/h9-10H,7-8H2,1-6H3,(H3,14,15,16). The van der Waals surface area contributed by atoms with Crippen LogP contribution in [0.15, 0.2) is 4.99 Å². The quantitative estimate of drug-likeness (QED) is 0.582. The number of ether oxygens (including phenoxy) is 1. The number of hydrogen-bond acceptors (Lipinski definition) is 2. The van der Waals surface area contributed by atoms with Crippen LogP contribution in [0.3, 0.4) is 0 Å². The van der Waals surface area contributed by atoms with Gasteiger partial charge < -0.3 is 15.8 Å². The smallest absolute Gasteiger partial charge is 0.188 e. The Morgan fingerprint density at radius 1 is 1.47 bits per heavy atom. The van der Waals surface area contributed by atoms with Gasteiger partial charge in [-0.25, -0.2) is 0 Å². The maximum Gasteiger partial charge on any atom is 0.188 e. The average molecular weight is 241 g/mol. The van der Waals surface area contributed by atoms with Crippen LogP contribution >= 0.6 is 0 Å². The molecule has 0 saturated heterocycles. The first-order valence-electron chi connectivity index (χ1n) is 6.34. The Morgan fingerprint density at radius 3 is 2.47 bits per heavy atom. The molecule has 4 nitrogen and oxygen atoms in total. The summed E-state index contributed by atoms with van der Waals surface area (Å²) in [6.45, 7) is 11.6. The van der Waals surface area contributed by atoms with Gasteiger partial charge in [-0.3, -0.25) is 4.99 Å². The first-order chi connectivity index (χ1) is 7.73. The summed E-state index contributed by atoms with van der Waals surface area (Å²) in [5.41, 5.74) is 5.88. The molecule has 1 rings (SSSR count). The van der Waals surface area contributed by atoms with E-state index in [1.807, 2.05) is 0 Å². The summed E-state index contributed by atoms with van der Waals surface area (Å²) in [5.74, 6) is 1.09. The SMILES string of the molecule is COC1(C)CC(NC(N)=NCC(C)C)C1(C)C. The van der Waals surface area contributed by atoms with E-state index in [9.17, 15) is 0 Å². The van der Waals surface area contributed by atoms with E-state index in [0.29, 0.717) is 17.9 Å². The fraction of sp³-hybridized carbons (Fsp3) is 0.923. The molecule has 0 spiro atoms. The second-order valence-corrected chi connectivity index (χ2v) is 6.18. The summed E-state index contributed by atoms with van der Waals surface area (Å²) in [6.07, 6.45) is 0.967. The van der Waals surface area contributed by atoms with Crippen LogP contribution in [0.5, 0.6) is 0 Å². The highest BCUT2D eigenvalue weighted by atomic mass is 16.5. The van der Waals surface area contributed by atoms with E-state index in [1.165, 1.54) is 0 Å². The van der Waals surface area contributed by atoms with Crippen molar-refractivity contribution < 1.29 is 4.74 Å². The van der Waals surface area contributed by atoms with E-state index in [-0.39, 0.29) is 11.0 Å². The summed E-state index contributed by atoms with van der Waals surface area (Å²) in [5, 5.41) is 3.30. The Bertz CT molecular complexity index is 299. The number of nitrogens with two attached hydrogens (primary N) is 1. The van der Waals surface area contributed by atoms with Crippen molar-refractivity contribution in [2.24, 2.45) is 22.1 Å². The Morgan fingerprint density at radius 2 is 2.06 bits per heavy atom. The molecule has 0 aromatic heterocycles. The van der Waals surface area contributed by atoms with E-state index in [4.69, 9.17) is 10.5 Å². The van der Waals surface area contributed by atoms with Crippen molar-refractivity contribution in [1.29, 1.82) is 0 Å². The third kappa shape index (κ3) is 2.73. The van der Waals surface area contributed by atoms with Crippen molar-refractivity contribution in [1.82, 2.24) is 5.32 Å². The number of hydrogen-bond donors (Lipinski definition) is 2. The molecule has 1 aliphatic rings. The predicted octanol–water partition coefficient (Wildman–Crippen LogP) is 1.75. The molecule has 3 N–H and O–H groups in total. The number of methoxy groups -OCH3 is 1. The van der Waals surface area contributed by atoms with Crippen LogP contribution in [0.2, 0.25) is 0 Å². The average Bonchev–Trinajstić information content (AvgIpc) is 2.25. The van der Waals surface area contributed by atoms with Crippen LogP contribution < -0.4 is 11.1 Å². The first-order valence-corrected chi connectivity index (χ1v) is 6.34. The fourth-order valence-electron chi connectivity index (χ4n) is 2.23. The maximum absolute atomic E-state index is 5.88. The molecule has 2 atom stereocenters. The lowest BCUT2D eigenvalue weighted by molar-refractivity contribution is -0.176. The minimum absolute atomic E-state index is 0.0665. The van der Waals surface area contributed by atoms with Crippen molar-refractivity contribution in [2.45, 2.75) is 52.7 Å². The maximum atomic E-state index is 5.88. The molecule has 0 aromatic carbocycles. The highest BCUT2D eigenvalue weighted by molar-refractivity contribution is 5.78. The fourth-order valence-corrected chi connectivity index (χ4v) is 2.23. The molecule has 100 valence electrons. The van der Waals surface area contributed by atoms with Gasteiger partial charge in [0.25, 0.3) is 0 Å². The van der Waals surface area contributed by atoms with Crippen molar-refractivity contribution in [3.63, 3.8) is 0 Å². The van der Waals surface area contributed by atoms with E-state index >= 15 is 0 Å². The zero-order valence-electron chi connectivity index (χ0n) is 12.0. The third-order valence-corrected chi connectivity index (χ3v) is 4.23. The lowest BCUT2D eigenvalue weighted by Gasteiger charge is -2.59. The third-order valence-electron chi connectivity index (χ3n) is 4.23. The summed E-state index contributed by atoms with van der Waals surface area (Å²) < 4.78 is 5.58.